The third-order valence-electron chi connectivity index (χ3n) is 4.41. The largest absolute Gasteiger partial charge is 0.328 e. The van der Waals surface area contributed by atoms with Gasteiger partial charge in [0.25, 0.3) is 0 Å². The van der Waals surface area contributed by atoms with E-state index in [2.05, 4.69) is 0 Å². The third-order valence-corrected chi connectivity index (χ3v) is 6.21. The molecular formula is C18H19N3O4S. The molecule has 0 radical (unpaired) electrons. The number of ketones is 1. The van der Waals surface area contributed by atoms with E-state index in [1.807, 2.05) is 0 Å². The Morgan fingerprint density at radius 1 is 1.00 bits per heavy atom. The van der Waals surface area contributed by atoms with E-state index in [1.54, 1.807) is 50.5 Å². The molecule has 0 spiro atoms. The molecule has 0 amide bonds. The summed E-state index contributed by atoms with van der Waals surface area (Å²) in [6.07, 6.45) is 0. The van der Waals surface area contributed by atoms with Crippen molar-refractivity contribution >= 4 is 26.8 Å². The fraction of sp³-hybridized carbons (Fsp3) is 0.222. The fourth-order valence-corrected chi connectivity index (χ4v) is 3.98. The molecule has 26 heavy (non-hydrogen) atoms. The van der Waals surface area contributed by atoms with Crippen LogP contribution in [0.2, 0.25) is 0 Å². The molecule has 2 aromatic carbocycles. The summed E-state index contributed by atoms with van der Waals surface area (Å²) in [5.74, 6) is -0.287. The Morgan fingerprint density at radius 3 is 2.27 bits per heavy atom. The molecule has 136 valence electrons. The quantitative estimate of drug-likeness (QED) is 0.633. The zero-order chi connectivity index (χ0) is 19.1. The zero-order valence-electron chi connectivity index (χ0n) is 14.7. The van der Waals surface area contributed by atoms with Crippen LogP contribution in [-0.2, 0) is 24.1 Å². The van der Waals surface area contributed by atoms with Gasteiger partial charge in [0.1, 0.15) is 0 Å². The van der Waals surface area contributed by atoms with Crippen LogP contribution >= 0.6 is 0 Å². The van der Waals surface area contributed by atoms with Gasteiger partial charge in [0.2, 0.25) is 10.0 Å². The molecule has 0 bridgehead atoms. The molecule has 1 aromatic heterocycles. The lowest BCUT2D eigenvalue weighted by molar-refractivity contribution is 0.0973. The number of likely N-dealkylation sites (N-methyl/N-ethyl adjacent to an activating group) is 1. The van der Waals surface area contributed by atoms with Gasteiger partial charge in [-0.25, -0.2) is 13.2 Å². The normalized spacial score (nSPS) is 12.0. The maximum atomic E-state index is 12.8. The molecule has 7 nitrogen and oxygen atoms in total. The summed E-state index contributed by atoms with van der Waals surface area (Å²) in [5.41, 5.74) is 1.37. The first kappa shape index (κ1) is 18.1. The van der Waals surface area contributed by atoms with E-state index >= 15 is 0 Å². The first-order valence-electron chi connectivity index (χ1n) is 7.93. The monoisotopic (exact) mass is 373 g/mol. The fourth-order valence-electron chi connectivity index (χ4n) is 2.83. The van der Waals surface area contributed by atoms with Gasteiger partial charge < -0.3 is 0 Å². The Kier molecular flexibility index (Phi) is 4.55. The van der Waals surface area contributed by atoms with E-state index in [4.69, 9.17) is 0 Å². The molecule has 0 N–H and O–H groups in total. The van der Waals surface area contributed by atoms with Crippen molar-refractivity contribution in [2.75, 3.05) is 13.6 Å². The molecule has 1 heterocycles. The van der Waals surface area contributed by atoms with Crippen molar-refractivity contribution in [2.45, 2.75) is 4.90 Å². The summed E-state index contributed by atoms with van der Waals surface area (Å²) in [7, 11) is 0.715. The van der Waals surface area contributed by atoms with Crippen LogP contribution in [0.5, 0.6) is 0 Å². The minimum Gasteiger partial charge on any atom is -0.295 e. The number of Topliss-reactive ketones (excluding diaryl/α,β-unsaturated/α-hetero) is 1. The number of aryl methyl sites for hydroxylation is 2. The Bertz CT molecular complexity index is 1140. The highest BCUT2D eigenvalue weighted by molar-refractivity contribution is 7.89. The van der Waals surface area contributed by atoms with Crippen LogP contribution in [0.4, 0.5) is 0 Å². The molecule has 0 saturated carbocycles. The maximum Gasteiger partial charge on any atom is 0.328 e. The summed E-state index contributed by atoms with van der Waals surface area (Å²) in [6, 6.07) is 13.0. The van der Waals surface area contributed by atoms with Crippen molar-refractivity contribution in [1.82, 2.24) is 13.4 Å². The van der Waals surface area contributed by atoms with Crippen molar-refractivity contribution < 1.29 is 13.2 Å². The second-order valence-electron chi connectivity index (χ2n) is 6.10. The van der Waals surface area contributed by atoms with Gasteiger partial charge in [-0.05, 0) is 18.2 Å². The van der Waals surface area contributed by atoms with Gasteiger partial charge in [-0.15, -0.1) is 0 Å². The van der Waals surface area contributed by atoms with E-state index in [0.717, 1.165) is 4.31 Å². The van der Waals surface area contributed by atoms with Crippen LogP contribution in [0.25, 0.3) is 11.0 Å². The van der Waals surface area contributed by atoms with Gasteiger partial charge in [-0.1, -0.05) is 30.3 Å². The number of hydrogen-bond acceptors (Lipinski definition) is 4. The van der Waals surface area contributed by atoms with Crippen LogP contribution in [-0.4, -0.2) is 41.2 Å². The molecule has 0 aliphatic heterocycles. The average molecular weight is 373 g/mol. The van der Waals surface area contributed by atoms with Crippen molar-refractivity contribution in [1.29, 1.82) is 0 Å². The summed E-state index contributed by atoms with van der Waals surface area (Å²) in [4.78, 5) is 24.3. The van der Waals surface area contributed by atoms with Crippen molar-refractivity contribution in [2.24, 2.45) is 14.1 Å². The number of fused-ring (bicyclic) bond motifs is 1. The van der Waals surface area contributed by atoms with E-state index < -0.39 is 10.0 Å². The lowest BCUT2D eigenvalue weighted by Gasteiger charge is -2.16. The maximum absolute atomic E-state index is 12.8. The molecule has 0 unspecified atom stereocenters. The second-order valence-corrected chi connectivity index (χ2v) is 8.15. The van der Waals surface area contributed by atoms with Gasteiger partial charge in [0.05, 0.1) is 22.5 Å². The van der Waals surface area contributed by atoms with Gasteiger partial charge in [-0.3, -0.25) is 13.9 Å². The van der Waals surface area contributed by atoms with Crippen molar-refractivity contribution in [3.05, 3.63) is 64.6 Å². The molecule has 0 aliphatic rings. The summed E-state index contributed by atoms with van der Waals surface area (Å²) in [5, 5.41) is 0. The molecule has 0 fully saturated rings. The van der Waals surface area contributed by atoms with Gasteiger partial charge in [-0.2, -0.15) is 4.31 Å². The number of nitrogens with zero attached hydrogens (tertiary/aromatic N) is 3. The number of carbonyl (C=O) groups excluding carboxylic acids is 1. The highest BCUT2D eigenvalue weighted by Crippen LogP contribution is 2.20. The van der Waals surface area contributed by atoms with Crippen LogP contribution in [0.15, 0.2) is 58.2 Å². The topological polar surface area (TPSA) is 81.4 Å². The van der Waals surface area contributed by atoms with E-state index in [9.17, 15) is 18.0 Å². The van der Waals surface area contributed by atoms with Crippen LogP contribution < -0.4 is 5.69 Å². The first-order chi connectivity index (χ1) is 12.2. The van der Waals surface area contributed by atoms with Gasteiger partial charge in [0, 0.05) is 26.7 Å². The summed E-state index contributed by atoms with van der Waals surface area (Å²) in [6.45, 7) is -0.266. The van der Waals surface area contributed by atoms with Gasteiger partial charge in [0.15, 0.2) is 5.78 Å². The lowest BCUT2D eigenvalue weighted by Crippen LogP contribution is -2.32. The Labute approximate surface area is 151 Å². The standard InChI is InChI=1S/C18H19N3O4S/c1-19(12-17(22)13-7-5-4-6-8-13)26(24,25)14-9-10-15-16(11-14)21(3)18(23)20(15)2/h4-11H,12H2,1-3H3. The highest BCUT2D eigenvalue weighted by Gasteiger charge is 2.24. The van der Waals surface area contributed by atoms with Crippen molar-refractivity contribution in [3.63, 3.8) is 0 Å². The van der Waals surface area contributed by atoms with Crippen LogP contribution in [0.3, 0.4) is 0 Å². The number of rotatable bonds is 5. The SMILES string of the molecule is CN(CC(=O)c1ccccc1)S(=O)(=O)c1ccc2c(c1)n(C)c(=O)n2C. The third kappa shape index (κ3) is 2.97. The first-order valence-corrected chi connectivity index (χ1v) is 9.37. The number of benzene rings is 2. The van der Waals surface area contributed by atoms with E-state index in [-0.39, 0.29) is 22.9 Å². The minimum atomic E-state index is -3.87. The Hall–Kier alpha value is -2.71. The minimum absolute atomic E-state index is 0.0366. The lowest BCUT2D eigenvalue weighted by atomic mass is 10.1. The second kappa shape index (κ2) is 6.54. The summed E-state index contributed by atoms with van der Waals surface area (Å²) >= 11 is 0. The Morgan fingerprint density at radius 2 is 1.62 bits per heavy atom. The zero-order valence-corrected chi connectivity index (χ0v) is 15.5. The summed E-state index contributed by atoms with van der Waals surface area (Å²) < 4.78 is 29.5. The number of aromatic nitrogens is 2. The molecule has 0 aliphatic carbocycles. The molecule has 3 aromatic rings. The predicted octanol–water partition coefficient (Wildman–Crippen LogP) is 1.38. The van der Waals surface area contributed by atoms with Crippen LogP contribution in [0.1, 0.15) is 10.4 Å². The van der Waals surface area contributed by atoms with Crippen molar-refractivity contribution in [3.8, 4) is 0 Å². The molecule has 0 saturated heterocycles. The highest BCUT2D eigenvalue weighted by atomic mass is 32.2. The van der Waals surface area contributed by atoms with E-state index in [0.29, 0.717) is 16.6 Å². The number of hydrogen-bond donors (Lipinski definition) is 0. The number of sulfonamides is 1. The molecule has 3 rings (SSSR count). The molecule has 0 atom stereocenters. The smallest absolute Gasteiger partial charge is 0.295 e. The van der Waals surface area contributed by atoms with Gasteiger partial charge >= 0.3 is 5.69 Å². The van der Waals surface area contributed by atoms with E-state index in [1.165, 1.54) is 28.3 Å². The average Bonchev–Trinajstić information content (AvgIpc) is 2.86. The van der Waals surface area contributed by atoms with Crippen LogP contribution in [0, 0.1) is 0 Å². The number of carbonyl (C=O) groups is 1. The molecular weight excluding hydrogens is 354 g/mol. The Balaban J connectivity index is 1.94. The molecule has 8 heteroatoms. The number of imidazole rings is 1. The predicted molar refractivity (Wildman–Crippen MR) is 98.7 cm³/mol.